The maximum absolute atomic E-state index is 11.0. The molecular formula is C11H17Cl2N3O3. The minimum atomic E-state index is -0.846. The number of hydrogen-bond donors (Lipinski definition) is 1. The Labute approximate surface area is 121 Å². The first-order valence-corrected chi connectivity index (χ1v) is 6.34. The summed E-state index contributed by atoms with van der Waals surface area (Å²) in [5, 5.41) is 0.353. The normalized spacial score (nSPS) is 13.2. The highest BCUT2D eigenvalue weighted by Gasteiger charge is 2.30. The molecule has 0 fully saturated rings. The Kier molecular flexibility index (Phi) is 4.92. The second-order valence-electron chi connectivity index (χ2n) is 5.08. The number of ether oxygens (including phenoxy) is 2. The van der Waals surface area contributed by atoms with E-state index in [9.17, 15) is 4.79 Å². The standard InChI is InChI=1S/C11H17Cl2N3O3/c1-11(2,3)6(19-9(14)17)5-16-8(13)7(12)15-10(16)18-4/h6H,5H2,1-4H3,(H2,14,17). The number of carbonyl (C=O) groups excluding carboxylic acids is 1. The predicted molar refractivity (Wildman–Crippen MR) is 72.7 cm³/mol. The zero-order chi connectivity index (χ0) is 14.8. The molecule has 0 saturated carbocycles. The van der Waals surface area contributed by atoms with E-state index >= 15 is 0 Å². The molecule has 1 unspecified atom stereocenters. The fourth-order valence-corrected chi connectivity index (χ4v) is 1.85. The van der Waals surface area contributed by atoms with E-state index < -0.39 is 12.2 Å². The highest BCUT2D eigenvalue weighted by Crippen LogP contribution is 2.31. The van der Waals surface area contributed by atoms with Crippen molar-refractivity contribution in [2.75, 3.05) is 7.11 Å². The largest absolute Gasteiger partial charge is 0.468 e. The summed E-state index contributed by atoms with van der Waals surface area (Å²) >= 11 is 11.9. The van der Waals surface area contributed by atoms with E-state index in [2.05, 4.69) is 4.98 Å². The van der Waals surface area contributed by atoms with Crippen molar-refractivity contribution in [1.29, 1.82) is 0 Å². The highest BCUT2D eigenvalue weighted by atomic mass is 35.5. The van der Waals surface area contributed by atoms with Crippen LogP contribution in [0.2, 0.25) is 10.3 Å². The SMILES string of the molecule is COc1nc(Cl)c(Cl)n1CC(OC(N)=O)C(C)(C)C. The average Bonchev–Trinajstić information content (AvgIpc) is 2.53. The quantitative estimate of drug-likeness (QED) is 0.927. The van der Waals surface area contributed by atoms with E-state index in [0.717, 1.165) is 0 Å². The first-order chi connectivity index (χ1) is 8.66. The number of methoxy groups -OCH3 is 1. The van der Waals surface area contributed by atoms with Gasteiger partial charge in [-0.2, -0.15) is 4.98 Å². The predicted octanol–water partition coefficient (Wildman–Crippen LogP) is 2.71. The molecule has 0 aliphatic heterocycles. The van der Waals surface area contributed by atoms with Crippen LogP contribution in [0.5, 0.6) is 6.01 Å². The van der Waals surface area contributed by atoms with Crippen molar-refractivity contribution in [1.82, 2.24) is 9.55 Å². The molecular weight excluding hydrogens is 293 g/mol. The van der Waals surface area contributed by atoms with Gasteiger partial charge < -0.3 is 15.2 Å². The maximum Gasteiger partial charge on any atom is 0.404 e. The molecule has 1 heterocycles. The third kappa shape index (κ3) is 3.91. The second-order valence-corrected chi connectivity index (χ2v) is 5.80. The summed E-state index contributed by atoms with van der Waals surface area (Å²) in [6.45, 7) is 5.99. The van der Waals surface area contributed by atoms with Crippen LogP contribution < -0.4 is 10.5 Å². The van der Waals surface area contributed by atoms with Gasteiger partial charge in [0.25, 0.3) is 6.01 Å². The van der Waals surface area contributed by atoms with Gasteiger partial charge in [-0.25, -0.2) is 4.79 Å². The Balaban J connectivity index is 3.06. The average molecular weight is 310 g/mol. The lowest BCUT2D eigenvalue weighted by atomic mass is 9.89. The fourth-order valence-electron chi connectivity index (χ4n) is 1.49. The van der Waals surface area contributed by atoms with Gasteiger partial charge in [0.1, 0.15) is 6.10 Å². The van der Waals surface area contributed by atoms with E-state index in [4.69, 9.17) is 38.4 Å². The molecule has 1 aromatic rings. The molecule has 1 rings (SSSR count). The Hall–Kier alpha value is -1.14. The first-order valence-electron chi connectivity index (χ1n) is 5.58. The molecule has 0 saturated heterocycles. The van der Waals surface area contributed by atoms with Gasteiger partial charge in [0.05, 0.1) is 13.7 Å². The van der Waals surface area contributed by atoms with Gasteiger partial charge in [0.15, 0.2) is 10.3 Å². The molecule has 0 radical (unpaired) electrons. The van der Waals surface area contributed by atoms with E-state index in [1.165, 1.54) is 11.7 Å². The van der Waals surface area contributed by atoms with Crippen LogP contribution in [0.25, 0.3) is 0 Å². The van der Waals surface area contributed by atoms with Crippen LogP contribution in [0.4, 0.5) is 4.79 Å². The number of aromatic nitrogens is 2. The number of nitrogens with two attached hydrogens (primary N) is 1. The summed E-state index contributed by atoms with van der Waals surface area (Å²) in [6, 6.07) is 0.248. The molecule has 0 aromatic carbocycles. The van der Waals surface area contributed by atoms with Gasteiger partial charge in [-0.3, -0.25) is 4.57 Å². The second kappa shape index (κ2) is 5.88. The number of imidazole rings is 1. The maximum atomic E-state index is 11.0. The molecule has 2 N–H and O–H groups in total. The van der Waals surface area contributed by atoms with Crippen molar-refractivity contribution in [3.8, 4) is 6.01 Å². The number of halogens is 2. The van der Waals surface area contributed by atoms with Crippen molar-refractivity contribution in [2.45, 2.75) is 33.4 Å². The molecule has 0 aliphatic carbocycles. The van der Waals surface area contributed by atoms with Crippen molar-refractivity contribution in [3.63, 3.8) is 0 Å². The lowest BCUT2D eigenvalue weighted by Crippen LogP contribution is -2.37. The van der Waals surface area contributed by atoms with Gasteiger partial charge in [-0.05, 0) is 0 Å². The molecule has 108 valence electrons. The molecule has 8 heteroatoms. The number of primary amides is 1. The molecule has 1 amide bonds. The van der Waals surface area contributed by atoms with Crippen LogP contribution in [0.3, 0.4) is 0 Å². The van der Waals surface area contributed by atoms with Crippen LogP contribution in [-0.4, -0.2) is 28.9 Å². The zero-order valence-electron chi connectivity index (χ0n) is 11.2. The highest BCUT2D eigenvalue weighted by molar-refractivity contribution is 6.40. The third-order valence-corrected chi connectivity index (χ3v) is 3.33. The van der Waals surface area contributed by atoms with Crippen LogP contribution in [0, 0.1) is 5.41 Å². The van der Waals surface area contributed by atoms with Gasteiger partial charge in [0.2, 0.25) is 0 Å². The van der Waals surface area contributed by atoms with E-state index in [1.807, 2.05) is 20.8 Å². The molecule has 6 nitrogen and oxygen atoms in total. The summed E-state index contributed by atoms with van der Waals surface area (Å²) in [5.74, 6) is 0. The van der Waals surface area contributed by atoms with Crippen LogP contribution in [-0.2, 0) is 11.3 Å². The molecule has 0 aliphatic rings. The van der Waals surface area contributed by atoms with Crippen molar-refractivity contribution in [3.05, 3.63) is 10.3 Å². The third-order valence-electron chi connectivity index (χ3n) is 2.59. The number of carbonyl (C=O) groups is 1. The summed E-state index contributed by atoms with van der Waals surface area (Å²) in [7, 11) is 1.45. The van der Waals surface area contributed by atoms with Crippen molar-refractivity contribution < 1.29 is 14.3 Å². The minimum absolute atomic E-state index is 0.130. The Morgan fingerprint density at radius 1 is 1.47 bits per heavy atom. The van der Waals surface area contributed by atoms with Crippen LogP contribution in [0.15, 0.2) is 0 Å². The Morgan fingerprint density at radius 3 is 2.47 bits per heavy atom. The monoisotopic (exact) mass is 309 g/mol. The fraction of sp³-hybridized carbons (Fsp3) is 0.636. The van der Waals surface area contributed by atoms with E-state index in [-0.39, 0.29) is 28.3 Å². The Morgan fingerprint density at radius 2 is 2.05 bits per heavy atom. The molecule has 0 bridgehead atoms. The van der Waals surface area contributed by atoms with Gasteiger partial charge in [-0.15, -0.1) is 0 Å². The molecule has 19 heavy (non-hydrogen) atoms. The van der Waals surface area contributed by atoms with Crippen molar-refractivity contribution >= 4 is 29.3 Å². The van der Waals surface area contributed by atoms with Crippen LogP contribution >= 0.6 is 23.2 Å². The lowest BCUT2D eigenvalue weighted by molar-refractivity contribution is 0.0243. The lowest BCUT2D eigenvalue weighted by Gasteiger charge is -2.30. The van der Waals surface area contributed by atoms with Gasteiger partial charge in [-0.1, -0.05) is 44.0 Å². The topological polar surface area (TPSA) is 79.4 Å². The number of rotatable bonds is 4. The minimum Gasteiger partial charge on any atom is -0.468 e. The van der Waals surface area contributed by atoms with Crippen molar-refractivity contribution in [2.24, 2.45) is 11.1 Å². The summed E-state index contributed by atoms with van der Waals surface area (Å²) < 4.78 is 11.7. The van der Waals surface area contributed by atoms with Gasteiger partial charge >= 0.3 is 6.09 Å². The summed E-state index contributed by atoms with van der Waals surface area (Å²) in [4.78, 5) is 14.9. The first kappa shape index (κ1) is 15.9. The van der Waals surface area contributed by atoms with E-state index in [0.29, 0.717) is 0 Å². The number of amides is 1. The van der Waals surface area contributed by atoms with E-state index in [1.54, 1.807) is 0 Å². The molecule has 0 spiro atoms. The molecule has 1 atom stereocenters. The van der Waals surface area contributed by atoms with Gasteiger partial charge in [0, 0.05) is 5.41 Å². The number of nitrogens with zero attached hydrogens (tertiary/aromatic N) is 2. The number of hydrogen-bond acceptors (Lipinski definition) is 4. The summed E-state index contributed by atoms with van der Waals surface area (Å²) in [5.41, 5.74) is 4.75. The smallest absolute Gasteiger partial charge is 0.404 e. The molecule has 1 aromatic heterocycles. The zero-order valence-corrected chi connectivity index (χ0v) is 12.7. The Bertz CT molecular complexity index is 468. The van der Waals surface area contributed by atoms with Crippen LogP contribution in [0.1, 0.15) is 20.8 Å². The summed E-state index contributed by atoms with van der Waals surface area (Å²) in [6.07, 6.45) is -1.34.